The van der Waals surface area contributed by atoms with Crippen LogP contribution >= 0.6 is 11.8 Å². The number of allylic oxidation sites excluding steroid dienone is 2. The molecule has 2 heterocycles. The number of ether oxygens (including phenoxy) is 1. The lowest BCUT2D eigenvalue weighted by Crippen LogP contribution is -2.28. The largest absolute Gasteiger partial charge is 0.466 e. The van der Waals surface area contributed by atoms with Crippen molar-refractivity contribution in [2.24, 2.45) is 0 Å². The zero-order valence-corrected chi connectivity index (χ0v) is 17.8. The van der Waals surface area contributed by atoms with Gasteiger partial charge in [0.25, 0.3) is 0 Å². The van der Waals surface area contributed by atoms with Gasteiger partial charge in [-0.25, -0.2) is 4.79 Å². The molecule has 0 amide bonds. The van der Waals surface area contributed by atoms with Crippen LogP contribution in [0.2, 0.25) is 0 Å². The molecule has 0 unspecified atom stereocenters. The Morgan fingerprint density at radius 3 is 2.45 bits per heavy atom. The third-order valence-electron chi connectivity index (χ3n) is 5.50. The van der Waals surface area contributed by atoms with Crippen LogP contribution in [-0.4, -0.2) is 18.9 Å². The van der Waals surface area contributed by atoms with E-state index in [1.54, 1.807) is 6.07 Å². The van der Waals surface area contributed by atoms with Gasteiger partial charge in [0, 0.05) is 27.3 Å². The number of Topliss-reactive ketones (excluding diaryl/α,β-unsaturated/α-hetero) is 1. The lowest BCUT2D eigenvalue weighted by atomic mass is 9.83. The van der Waals surface area contributed by atoms with Gasteiger partial charge in [0.1, 0.15) is 5.76 Å². The molecule has 2 aromatic carbocycles. The number of methoxy groups -OCH3 is 1. The zero-order valence-electron chi connectivity index (χ0n) is 17.0. The summed E-state index contributed by atoms with van der Waals surface area (Å²) in [4.78, 5) is 27.1. The summed E-state index contributed by atoms with van der Waals surface area (Å²) in [5, 5.41) is 3.95. The standard InChI is InChI=1S/C25H19NO4S/c1-14-20(25(28)29-2)21(18-12-13-19(30-18)31-15-8-4-3-5-9-15)22-23(26-14)16-10-6-7-11-17(16)24(22)27/h3-13,21,26H,1-2H3/t21-/m1/s1. The lowest BCUT2D eigenvalue weighted by Gasteiger charge is -2.27. The summed E-state index contributed by atoms with van der Waals surface area (Å²) in [6.07, 6.45) is 0. The van der Waals surface area contributed by atoms with E-state index in [1.807, 2.05) is 67.6 Å². The molecular formula is C25H19NO4S. The number of nitrogens with one attached hydrogen (secondary N) is 1. The van der Waals surface area contributed by atoms with Gasteiger partial charge in [-0.2, -0.15) is 0 Å². The molecule has 154 valence electrons. The number of hydrogen-bond acceptors (Lipinski definition) is 6. The number of furan rings is 1. The minimum atomic E-state index is -0.645. The highest BCUT2D eigenvalue weighted by atomic mass is 32.2. The lowest BCUT2D eigenvalue weighted by molar-refractivity contribution is -0.136. The molecule has 0 saturated carbocycles. The number of rotatable bonds is 4. The maximum Gasteiger partial charge on any atom is 0.336 e. The van der Waals surface area contributed by atoms with Crippen molar-refractivity contribution in [1.29, 1.82) is 0 Å². The summed E-state index contributed by atoms with van der Waals surface area (Å²) < 4.78 is 11.2. The highest BCUT2D eigenvalue weighted by Gasteiger charge is 2.44. The van der Waals surface area contributed by atoms with E-state index in [1.165, 1.54) is 18.9 Å². The Morgan fingerprint density at radius 2 is 1.71 bits per heavy atom. The van der Waals surface area contributed by atoms with E-state index in [0.717, 1.165) is 16.2 Å². The van der Waals surface area contributed by atoms with Crippen LogP contribution in [0.25, 0.3) is 5.70 Å². The summed E-state index contributed by atoms with van der Waals surface area (Å²) in [5.74, 6) is -0.702. The zero-order chi connectivity index (χ0) is 21.5. The molecule has 1 N–H and O–H groups in total. The van der Waals surface area contributed by atoms with E-state index >= 15 is 0 Å². The summed E-state index contributed by atoms with van der Waals surface area (Å²) in [7, 11) is 1.34. The minimum Gasteiger partial charge on any atom is -0.466 e. The van der Waals surface area contributed by atoms with Gasteiger partial charge in [-0.3, -0.25) is 4.79 Å². The van der Waals surface area contributed by atoms with Crippen molar-refractivity contribution in [3.8, 4) is 0 Å². The Balaban J connectivity index is 1.61. The second-order valence-corrected chi connectivity index (χ2v) is 8.40. The van der Waals surface area contributed by atoms with E-state index < -0.39 is 11.9 Å². The molecule has 31 heavy (non-hydrogen) atoms. The first-order valence-corrected chi connectivity index (χ1v) is 10.7. The third kappa shape index (κ3) is 3.20. The van der Waals surface area contributed by atoms with Crippen molar-refractivity contribution in [1.82, 2.24) is 5.32 Å². The molecule has 5 nitrogen and oxygen atoms in total. The number of carbonyl (C=O) groups excluding carboxylic acids is 2. The van der Waals surface area contributed by atoms with E-state index in [-0.39, 0.29) is 5.78 Å². The predicted octanol–water partition coefficient (Wildman–Crippen LogP) is 5.17. The molecule has 0 radical (unpaired) electrons. The number of benzene rings is 2. The molecular weight excluding hydrogens is 410 g/mol. The Bertz CT molecular complexity index is 1270. The highest BCUT2D eigenvalue weighted by molar-refractivity contribution is 7.99. The first-order valence-electron chi connectivity index (χ1n) is 9.85. The van der Waals surface area contributed by atoms with Crippen molar-refractivity contribution in [3.05, 3.63) is 100 Å². The van der Waals surface area contributed by atoms with Crippen LogP contribution < -0.4 is 5.32 Å². The summed E-state index contributed by atoms with van der Waals surface area (Å²) in [5.41, 5.74) is 3.72. The van der Waals surface area contributed by atoms with Gasteiger partial charge >= 0.3 is 5.97 Å². The quantitative estimate of drug-likeness (QED) is 0.577. The van der Waals surface area contributed by atoms with Crippen molar-refractivity contribution >= 4 is 29.2 Å². The molecule has 0 saturated heterocycles. The van der Waals surface area contributed by atoms with E-state index in [2.05, 4.69) is 5.32 Å². The molecule has 1 aliphatic carbocycles. The summed E-state index contributed by atoms with van der Waals surface area (Å²) >= 11 is 1.49. The summed E-state index contributed by atoms with van der Waals surface area (Å²) in [6, 6.07) is 21.0. The van der Waals surface area contributed by atoms with E-state index in [0.29, 0.717) is 33.3 Å². The van der Waals surface area contributed by atoms with Gasteiger partial charge < -0.3 is 14.5 Å². The molecule has 1 atom stereocenters. The van der Waals surface area contributed by atoms with Gasteiger partial charge in [0.2, 0.25) is 0 Å². The van der Waals surface area contributed by atoms with E-state index in [9.17, 15) is 9.59 Å². The van der Waals surface area contributed by atoms with Crippen molar-refractivity contribution in [2.75, 3.05) is 7.11 Å². The van der Waals surface area contributed by atoms with Crippen LogP contribution in [0.1, 0.15) is 34.5 Å². The number of hydrogen-bond donors (Lipinski definition) is 1. The second kappa shape index (κ2) is 7.63. The molecule has 3 aromatic rings. The number of carbonyl (C=O) groups is 2. The minimum absolute atomic E-state index is 0.106. The summed E-state index contributed by atoms with van der Waals surface area (Å²) in [6.45, 7) is 1.82. The molecule has 5 rings (SSSR count). The molecule has 0 spiro atoms. The maximum absolute atomic E-state index is 13.4. The van der Waals surface area contributed by atoms with Crippen LogP contribution in [0.3, 0.4) is 0 Å². The molecule has 6 heteroatoms. The van der Waals surface area contributed by atoms with Crippen LogP contribution in [0.5, 0.6) is 0 Å². The van der Waals surface area contributed by atoms with Gasteiger partial charge in [-0.15, -0.1) is 0 Å². The molecule has 1 aliphatic heterocycles. The van der Waals surface area contributed by atoms with Crippen LogP contribution in [0, 0.1) is 0 Å². The SMILES string of the molecule is COC(=O)C1=C(C)NC2=C(C(=O)c3ccccc32)[C@@H]1c1ccc(Sc2ccccc2)o1. The fourth-order valence-corrected chi connectivity index (χ4v) is 4.94. The van der Waals surface area contributed by atoms with E-state index in [4.69, 9.17) is 9.15 Å². The second-order valence-electron chi connectivity index (χ2n) is 7.32. The Hall–Kier alpha value is -3.51. The monoisotopic (exact) mass is 429 g/mol. The Labute approximate surface area is 183 Å². The third-order valence-corrected chi connectivity index (χ3v) is 6.43. The van der Waals surface area contributed by atoms with Crippen LogP contribution in [0.15, 0.2) is 98.0 Å². The van der Waals surface area contributed by atoms with Gasteiger partial charge in [0.15, 0.2) is 10.9 Å². The van der Waals surface area contributed by atoms with Crippen molar-refractivity contribution < 1.29 is 18.7 Å². The van der Waals surface area contributed by atoms with Crippen molar-refractivity contribution in [2.45, 2.75) is 22.8 Å². The van der Waals surface area contributed by atoms with Crippen molar-refractivity contribution in [3.63, 3.8) is 0 Å². The van der Waals surface area contributed by atoms with Crippen LogP contribution in [-0.2, 0) is 9.53 Å². The highest BCUT2D eigenvalue weighted by Crippen LogP contribution is 2.47. The number of dihydropyridines is 1. The fourth-order valence-electron chi connectivity index (χ4n) is 4.14. The number of ketones is 1. The Kier molecular flexibility index (Phi) is 4.79. The molecule has 1 aromatic heterocycles. The predicted molar refractivity (Wildman–Crippen MR) is 118 cm³/mol. The maximum atomic E-state index is 13.4. The fraction of sp³-hybridized carbons (Fsp3) is 0.120. The normalized spacial score (nSPS) is 17.4. The van der Waals surface area contributed by atoms with Gasteiger partial charge in [-0.1, -0.05) is 54.2 Å². The van der Waals surface area contributed by atoms with Crippen LogP contribution in [0.4, 0.5) is 0 Å². The van der Waals surface area contributed by atoms with Gasteiger partial charge in [-0.05, 0) is 31.2 Å². The Morgan fingerprint density at radius 1 is 1.00 bits per heavy atom. The van der Waals surface area contributed by atoms with Gasteiger partial charge in [0.05, 0.1) is 24.3 Å². The average molecular weight is 429 g/mol. The first kappa shape index (κ1) is 19.5. The number of esters is 1. The first-order chi connectivity index (χ1) is 15.1. The molecule has 2 aliphatic rings. The topological polar surface area (TPSA) is 68.5 Å². The molecule has 0 fully saturated rings. The smallest absolute Gasteiger partial charge is 0.336 e. The molecule has 0 bridgehead atoms. The number of fused-ring (bicyclic) bond motifs is 2. The average Bonchev–Trinajstić information content (AvgIpc) is 3.36.